The second-order valence-corrected chi connectivity index (χ2v) is 5.15. The smallest absolute Gasteiger partial charge is 0.331 e. The molecule has 5 nitrogen and oxygen atoms in total. The zero-order valence-electron chi connectivity index (χ0n) is 11.6. The van der Waals surface area contributed by atoms with Crippen molar-refractivity contribution in [3.63, 3.8) is 0 Å². The van der Waals surface area contributed by atoms with Crippen LogP contribution in [0.2, 0.25) is 0 Å². The maximum Gasteiger partial charge on any atom is 0.331 e. The van der Waals surface area contributed by atoms with Crippen LogP contribution in [0.25, 0.3) is 0 Å². The molecule has 1 aliphatic rings. The van der Waals surface area contributed by atoms with Crippen LogP contribution in [0.1, 0.15) is 24.5 Å². The second-order valence-electron chi connectivity index (χ2n) is 5.15. The zero-order valence-corrected chi connectivity index (χ0v) is 11.6. The van der Waals surface area contributed by atoms with Crippen molar-refractivity contribution in [2.45, 2.75) is 25.7 Å². The van der Waals surface area contributed by atoms with E-state index in [1.807, 2.05) is 0 Å². The van der Waals surface area contributed by atoms with Crippen LogP contribution in [0, 0.1) is 12.9 Å². The van der Waals surface area contributed by atoms with E-state index in [-0.39, 0.29) is 23.1 Å². The molecule has 0 saturated carbocycles. The van der Waals surface area contributed by atoms with Gasteiger partial charge in [0.05, 0.1) is 0 Å². The molecule has 6 heteroatoms. The summed E-state index contributed by atoms with van der Waals surface area (Å²) >= 11 is 0. The summed E-state index contributed by atoms with van der Waals surface area (Å²) in [4.78, 5) is 26.5. The van der Waals surface area contributed by atoms with Crippen LogP contribution >= 0.6 is 0 Å². The number of pyridine rings is 1. The van der Waals surface area contributed by atoms with E-state index in [9.17, 15) is 19.1 Å². The first-order valence-corrected chi connectivity index (χ1v) is 6.25. The number of carboxylic acids is 2. The van der Waals surface area contributed by atoms with Crippen molar-refractivity contribution in [1.29, 1.82) is 0 Å². The van der Waals surface area contributed by atoms with Gasteiger partial charge in [0.1, 0.15) is 5.41 Å². The van der Waals surface area contributed by atoms with Gasteiger partial charge in [-0.2, -0.15) is 4.39 Å². The van der Waals surface area contributed by atoms with Gasteiger partial charge in [0.2, 0.25) is 5.95 Å². The summed E-state index contributed by atoms with van der Waals surface area (Å²) in [5.41, 5.74) is -0.536. The fraction of sp³-hybridized carbons (Fsp3) is 0.267. The molecule has 0 spiro atoms. The van der Waals surface area contributed by atoms with E-state index < -0.39 is 23.3 Å². The first kappa shape index (κ1) is 14.9. The Hall–Kier alpha value is -2.50. The third kappa shape index (κ3) is 2.56. The molecular weight excluding hydrogens is 277 g/mol. The summed E-state index contributed by atoms with van der Waals surface area (Å²) in [7, 11) is 0. The van der Waals surface area contributed by atoms with Gasteiger partial charge >= 0.3 is 11.9 Å². The highest BCUT2D eigenvalue weighted by Crippen LogP contribution is 2.38. The van der Waals surface area contributed by atoms with E-state index in [1.165, 1.54) is 25.1 Å². The zero-order chi connectivity index (χ0) is 15.8. The molecule has 110 valence electrons. The molecule has 1 aromatic rings. The summed E-state index contributed by atoms with van der Waals surface area (Å²) < 4.78 is 13.3. The standard InChI is InChI=1S/C15H14FNO4/c1-8-3-10(13(18)19)6-15(5-8,14(20)21)11-4-9(2)12(16)17-7-11/h3-5,7H,6H2,1-2H3,(H,18,19)(H,20,21). The lowest BCUT2D eigenvalue weighted by molar-refractivity contribution is -0.142. The van der Waals surface area contributed by atoms with Gasteiger partial charge in [0.15, 0.2) is 0 Å². The number of halogens is 1. The molecule has 1 aliphatic carbocycles. The molecule has 0 radical (unpaired) electrons. The van der Waals surface area contributed by atoms with Gasteiger partial charge in [-0.25, -0.2) is 9.78 Å². The first-order chi connectivity index (χ1) is 9.76. The molecule has 1 atom stereocenters. The Bertz CT molecular complexity index is 693. The van der Waals surface area contributed by atoms with Gasteiger partial charge in [0.25, 0.3) is 0 Å². The fourth-order valence-electron chi connectivity index (χ4n) is 2.49. The summed E-state index contributed by atoms with van der Waals surface area (Å²) in [5, 5.41) is 18.8. The van der Waals surface area contributed by atoms with Gasteiger partial charge in [0, 0.05) is 23.8 Å². The average molecular weight is 291 g/mol. The SMILES string of the molecule is CC1=CC(C(=O)O)(c2cnc(F)c(C)c2)CC(C(=O)O)=C1. The summed E-state index contributed by atoms with van der Waals surface area (Å²) in [6, 6.07) is 1.39. The Kier molecular flexibility index (Phi) is 3.63. The predicted octanol–water partition coefficient (Wildman–Crippen LogP) is 2.21. The number of aromatic nitrogens is 1. The topological polar surface area (TPSA) is 87.5 Å². The largest absolute Gasteiger partial charge is 0.480 e. The lowest BCUT2D eigenvalue weighted by Crippen LogP contribution is -2.37. The van der Waals surface area contributed by atoms with Crippen molar-refractivity contribution in [2.24, 2.45) is 0 Å². The summed E-state index contributed by atoms with van der Waals surface area (Å²) in [6.45, 7) is 3.11. The first-order valence-electron chi connectivity index (χ1n) is 6.25. The van der Waals surface area contributed by atoms with Gasteiger partial charge in [-0.05, 0) is 31.6 Å². The molecule has 0 saturated heterocycles. The van der Waals surface area contributed by atoms with Crippen LogP contribution in [0.5, 0.6) is 0 Å². The third-order valence-electron chi connectivity index (χ3n) is 3.53. The molecule has 0 bridgehead atoms. The number of hydrogen-bond donors (Lipinski definition) is 2. The number of aryl methyl sites for hydroxylation is 1. The Morgan fingerprint density at radius 3 is 2.52 bits per heavy atom. The quantitative estimate of drug-likeness (QED) is 0.834. The molecule has 2 N–H and O–H groups in total. The number of carboxylic acid groups (broad SMARTS) is 2. The van der Waals surface area contributed by atoms with E-state index in [1.54, 1.807) is 6.92 Å². The Balaban J connectivity index is 2.63. The average Bonchev–Trinajstić information content (AvgIpc) is 2.40. The number of hydrogen-bond acceptors (Lipinski definition) is 3. The monoisotopic (exact) mass is 291 g/mol. The van der Waals surface area contributed by atoms with E-state index in [2.05, 4.69) is 4.98 Å². The summed E-state index contributed by atoms with van der Waals surface area (Å²) in [5.74, 6) is -3.04. The van der Waals surface area contributed by atoms with Gasteiger partial charge in [-0.3, -0.25) is 4.79 Å². The van der Waals surface area contributed by atoms with Gasteiger partial charge in [-0.1, -0.05) is 11.6 Å². The van der Waals surface area contributed by atoms with Crippen LogP contribution in [0.15, 0.2) is 35.6 Å². The minimum absolute atomic E-state index is 0.000576. The van der Waals surface area contributed by atoms with Crippen molar-refractivity contribution < 1.29 is 24.2 Å². The second kappa shape index (κ2) is 5.12. The van der Waals surface area contributed by atoms with Crippen LogP contribution in [0.3, 0.4) is 0 Å². The number of aliphatic carboxylic acids is 2. The Morgan fingerprint density at radius 1 is 1.33 bits per heavy atom. The third-order valence-corrected chi connectivity index (χ3v) is 3.53. The van der Waals surface area contributed by atoms with Crippen LogP contribution in [-0.4, -0.2) is 27.1 Å². The van der Waals surface area contributed by atoms with Gasteiger partial charge in [-0.15, -0.1) is 0 Å². The lowest BCUT2D eigenvalue weighted by Gasteiger charge is -2.30. The Morgan fingerprint density at radius 2 is 2.00 bits per heavy atom. The normalized spacial score (nSPS) is 21.5. The molecule has 0 amide bonds. The number of rotatable bonds is 3. The maximum absolute atomic E-state index is 13.3. The maximum atomic E-state index is 13.3. The fourth-order valence-corrected chi connectivity index (χ4v) is 2.49. The molecule has 1 unspecified atom stereocenters. The summed E-state index contributed by atoms with van der Waals surface area (Å²) in [6.07, 6.45) is 3.86. The van der Waals surface area contributed by atoms with Crippen molar-refractivity contribution in [3.8, 4) is 0 Å². The van der Waals surface area contributed by atoms with Crippen LogP contribution in [0.4, 0.5) is 4.39 Å². The lowest BCUT2D eigenvalue weighted by atomic mass is 9.71. The molecule has 21 heavy (non-hydrogen) atoms. The van der Waals surface area contributed by atoms with Crippen LogP contribution in [-0.2, 0) is 15.0 Å². The molecule has 1 heterocycles. The van der Waals surface area contributed by atoms with E-state index in [4.69, 9.17) is 5.11 Å². The van der Waals surface area contributed by atoms with E-state index in [0.29, 0.717) is 5.57 Å². The van der Waals surface area contributed by atoms with Crippen molar-refractivity contribution in [3.05, 3.63) is 52.6 Å². The molecule has 0 fully saturated rings. The molecule has 0 aromatic carbocycles. The Labute approximate surface area is 120 Å². The highest BCUT2D eigenvalue weighted by molar-refractivity contribution is 5.93. The molecular formula is C15H14FNO4. The van der Waals surface area contributed by atoms with Crippen LogP contribution < -0.4 is 0 Å². The number of carbonyl (C=O) groups is 2. The minimum atomic E-state index is -1.54. The van der Waals surface area contributed by atoms with Crippen molar-refractivity contribution in [2.75, 3.05) is 0 Å². The highest BCUT2D eigenvalue weighted by Gasteiger charge is 2.42. The van der Waals surface area contributed by atoms with Crippen molar-refractivity contribution >= 4 is 11.9 Å². The molecule has 1 aromatic heterocycles. The minimum Gasteiger partial charge on any atom is -0.480 e. The van der Waals surface area contributed by atoms with E-state index >= 15 is 0 Å². The predicted molar refractivity (Wildman–Crippen MR) is 72.3 cm³/mol. The number of allylic oxidation sites excluding steroid dienone is 2. The molecule has 2 rings (SSSR count). The van der Waals surface area contributed by atoms with Gasteiger partial charge < -0.3 is 10.2 Å². The number of nitrogens with zero attached hydrogens (tertiary/aromatic N) is 1. The van der Waals surface area contributed by atoms with E-state index in [0.717, 1.165) is 6.20 Å². The highest BCUT2D eigenvalue weighted by atomic mass is 19.1. The van der Waals surface area contributed by atoms with Crippen molar-refractivity contribution in [1.82, 2.24) is 4.98 Å². The molecule has 0 aliphatic heterocycles.